The molecule has 1 aromatic heterocycles. The zero-order chi connectivity index (χ0) is 21.0. The van der Waals surface area contributed by atoms with E-state index in [-0.39, 0.29) is 0 Å². The molecule has 3 heteroatoms. The molecule has 1 heterocycles. The highest BCUT2D eigenvalue weighted by atomic mass is 35.5. The van der Waals surface area contributed by atoms with E-state index in [1.54, 1.807) is 0 Å². The Morgan fingerprint density at radius 3 is 2.55 bits per heavy atom. The van der Waals surface area contributed by atoms with Crippen molar-refractivity contribution >= 4 is 33.9 Å². The number of nitrogens with one attached hydrogen (secondary N) is 1. The summed E-state index contributed by atoms with van der Waals surface area (Å²) in [5, 5.41) is 1.96. The van der Waals surface area contributed by atoms with Gasteiger partial charge in [0.2, 0.25) is 0 Å². The molecule has 0 bridgehead atoms. The van der Waals surface area contributed by atoms with Gasteiger partial charge in [-0.05, 0) is 61.4 Å². The van der Waals surface area contributed by atoms with Crippen LogP contribution in [-0.2, 0) is 6.42 Å². The first-order valence-electron chi connectivity index (χ1n) is 10.8. The van der Waals surface area contributed by atoms with E-state index in [9.17, 15) is 0 Å². The highest BCUT2D eigenvalue weighted by Gasteiger charge is 2.21. The average molecular weight is 409 g/mol. The number of aromatic nitrogens is 1. The third-order valence-electron chi connectivity index (χ3n) is 5.89. The Bertz CT molecular complexity index is 1010. The number of allylic oxidation sites excluding steroid dienone is 1. The Kier molecular flexibility index (Phi) is 7.08. The number of fused-ring (bicyclic) bond motifs is 1. The quantitative estimate of drug-likeness (QED) is 0.398. The summed E-state index contributed by atoms with van der Waals surface area (Å²) in [5.74, 6) is 0. The number of H-pyrrole nitrogens is 1. The van der Waals surface area contributed by atoms with Gasteiger partial charge in [0, 0.05) is 35.6 Å². The predicted molar refractivity (Wildman–Crippen MR) is 129 cm³/mol. The lowest BCUT2D eigenvalue weighted by Crippen LogP contribution is -2.20. The molecule has 0 aliphatic carbocycles. The van der Waals surface area contributed by atoms with Crippen molar-refractivity contribution < 1.29 is 0 Å². The molecule has 0 atom stereocenters. The van der Waals surface area contributed by atoms with Crippen molar-refractivity contribution in [2.24, 2.45) is 0 Å². The number of para-hydroxylation sites is 1. The number of halogens is 1. The standard InChI is InChI=1S/C26H33ClN2/c1-6-9-12-20(8-3)26(22-14-15-23(27)24-21(22)16-17-28-24)29(5)25-18(4)11-10-13-19(25)7-2/h10-11,13-17,28H,6-9,12H2,1-5H3/b26-20-. The molecule has 0 saturated carbocycles. The van der Waals surface area contributed by atoms with Gasteiger partial charge in [0.05, 0.1) is 10.5 Å². The van der Waals surface area contributed by atoms with E-state index in [0.717, 1.165) is 29.8 Å². The minimum Gasteiger partial charge on any atom is -0.360 e. The Morgan fingerprint density at radius 1 is 1.07 bits per heavy atom. The van der Waals surface area contributed by atoms with E-state index < -0.39 is 0 Å². The maximum atomic E-state index is 6.48. The van der Waals surface area contributed by atoms with Crippen LogP contribution in [0, 0.1) is 6.92 Å². The van der Waals surface area contributed by atoms with Crippen LogP contribution in [0.2, 0.25) is 5.02 Å². The van der Waals surface area contributed by atoms with E-state index in [4.69, 9.17) is 11.6 Å². The topological polar surface area (TPSA) is 19.0 Å². The molecule has 3 aromatic rings. The van der Waals surface area contributed by atoms with Crippen molar-refractivity contribution in [1.82, 2.24) is 4.98 Å². The average Bonchev–Trinajstić information content (AvgIpc) is 3.22. The summed E-state index contributed by atoms with van der Waals surface area (Å²) in [7, 11) is 2.23. The van der Waals surface area contributed by atoms with Crippen LogP contribution < -0.4 is 4.90 Å². The van der Waals surface area contributed by atoms with Crippen LogP contribution in [0.3, 0.4) is 0 Å². The van der Waals surface area contributed by atoms with Gasteiger partial charge in [0.15, 0.2) is 0 Å². The molecule has 0 spiro atoms. The van der Waals surface area contributed by atoms with Crippen LogP contribution >= 0.6 is 11.6 Å². The number of anilines is 1. The lowest BCUT2D eigenvalue weighted by Gasteiger charge is -2.30. The van der Waals surface area contributed by atoms with Crippen LogP contribution in [0.15, 0.2) is 48.2 Å². The van der Waals surface area contributed by atoms with E-state index in [0.29, 0.717) is 0 Å². The number of hydrogen-bond acceptors (Lipinski definition) is 1. The van der Waals surface area contributed by atoms with Crippen molar-refractivity contribution in [3.05, 3.63) is 69.9 Å². The third-order valence-corrected chi connectivity index (χ3v) is 6.21. The van der Waals surface area contributed by atoms with Gasteiger partial charge < -0.3 is 9.88 Å². The molecular weight excluding hydrogens is 376 g/mol. The van der Waals surface area contributed by atoms with E-state index in [1.165, 1.54) is 51.9 Å². The van der Waals surface area contributed by atoms with Crippen molar-refractivity contribution in [3.8, 4) is 0 Å². The fourth-order valence-electron chi connectivity index (χ4n) is 4.39. The fourth-order valence-corrected chi connectivity index (χ4v) is 4.60. The molecule has 29 heavy (non-hydrogen) atoms. The maximum absolute atomic E-state index is 6.48. The summed E-state index contributed by atoms with van der Waals surface area (Å²) in [4.78, 5) is 5.75. The number of benzene rings is 2. The lowest BCUT2D eigenvalue weighted by molar-refractivity contribution is 0.765. The van der Waals surface area contributed by atoms with Crippen molar-refractivity contribution in [2.75, 3.05) is 11.9 Å². The van der Waals surface area contributed by atoms with Crippen LogP contribution in [0.5, 0.6) is 0 Å². The van der Waals surface area contributed by atoms with E-state index in [2.05, 4.69) is 75.0 Å². The number of unbranched alkanes of at least 4 members (excludes halogenated alkanes) is 1. The molecule has 1 N–H and O–H groups in total. The zero-order valence-electron chi connectivity index (χ0n) is 18.4. The second-order valence-electron chi connectivity index (χ2n) is 7.77. The summed E-state index contributed by atoms with van der Waals surface area (Å²) in [6.07, 6.45) is 7.58. The van der Waals surface area contributed by atoms with Gasteiger partial charge in [-0.3, -0.25) is 0 Å². The van der Waals surface area contributed by atoms with Crippen LogP contribution in [-0.4, -0.2) is 12.0 Å². The highest BCUT2D eigenvalue weighted by molar-refractivity contribution is 6.35. The lowest BCUT2D eigenvalue weighted by atomic mass is 9.95. The van der Waals surface area contributed by atoms with Crippen LogP contribution in [0.1, 0.15) is 63.1 Å². The summed E-state index contributed by atoms with van der Waals surface area (Å²) >= 11 is 6.48. The SMILES string of the molecule is CCCC/C(CC)=C(/c1ccc(Cl)c2[nH]ccc12)N(C)c1c(C)cccc1CC. The van der Waals surface area contributed by atoms with E-state index in [1.807, 2.05) is 12.3 Å². The summed E-state index contributed by atoms with van der Waals surface area (Å²) in [6, 6.07) is 13.0. The van der Waals surface area contributed by atoms with Gasteiger partial charge in [-0.1, -0.05) is 63.1 Å². The normalized spacial score (nSPS) is 12.3. The molecule has 3 rings (SSSR count). The monoisotopic (exact) mass is 408 g/mol. The Labute approximate surface area is 180 Å². The number of hydrogen-bond donors (Lipinski definition) is 1. The first-order valence-corrected chi connectivity index (χ1v) is 11.2. The van der Waals surface area contributed by atoms with Crippen LogP contribution in [0.4, 0.5) is 5.69 Å². The smallest absolute Gasteiger partial charge is 0.0650 e. The van der Waals surface area contributed by atoms with Crippen molar-refractivity contribution in [3.63, 3.8) is 0 Å². The first kappa shape index (κ1) is 21.5. The molecule has 0 aliphatic rings. The largest absolute Gasteiger partial charge is 0.360 e. The Hall–Kier alpha value is -2.19. The maximum Gasteiger partial charge on any atom is 0.0650 e. The van der Waals surface area contributed by atoms with Crippen molar-refractivity contribution in [2.45, 2.75) is 59.8 Å². The number of rotatable bonds is 8. The molecular formula is C26H33ClN2. The number of nitrogens with zero attached hydrogens (tertiary/aromatic N) is 1. The fraction of sp³-hybridized carbons (Fsp3) is 0.385. The van der Waals surface area contributed by atoms with Crippen LogP contribution in [0.25, 0.3) is 16.6 Å². The molecule has 2 nitrogen and oxygen atoms in total. The van der Waals surface area contributed by atoms with Crippen molar-refractivity contribution in [1.29, 1.82) is 0 Å². The third kappa shape index (κ3) is 4.23. The van der Waals surface area contributed by atoms with Gasteiger partial charge in [0.25, 0.3) is 0 Å². The molecule has 0 unspecified atom stereocenters. The minimum atomic E-state index is 0.771. The molecule has 0 saturated heterocycles. The highest BCUT2D eigenvalue weighted by Crippen LogP contribution is 2.38. The van der Waals surface area contributed by atoms with Gasteiger partial charge in [0.1, 0.15) is 0 Å². The zero-order valence-corrected chi connectivity index (χ0v) is 19.2. The van der Waals surface area contributed by atoms with Gasteiger partial charge in [-0.2, -0.15) is 0 Å². The Balaban J connectivity index is 2.28. The summed E-state index contributed by atoms with van der Waals surface area (Å²) in [6.45, 7) is 9.00. The predicted octanol–water partition coefficient (Wildman–Crippen LogP) is 8.14. The van der Waals surface area contributed by atoms with E-state index >= 15 is 0 Å². The number of aryl methyl sites for hydroxylation is 2. The number of aromatic amines is 1. The molecule has 0 amide bonds. The second kappa shape index (κ2) is 9.54. The summed E-state index contributed by atoms with van der Waals surface area (Å²) < 4.78 is 0. The Morgan fingerprint density at radius 2 is 1.86 bits per heavy atom. The second-order valence-corrected chi connectivity index (χ2v) is 8.17. The molecule has 0 aliphatic heterocycles. The molecule has 0 radical (unpaired) electrons. The minimum absolute atomic E-state index is 0.771. The summed E-state index contributed by atoms with van der Waals surface area (Å²) in [5.41, 5.74) is 9.12. The first-order chi connectivity index (χ1) is 14.0. The van der Waals surface area contributed by atoms with Gasteiger partial charge in [-0.15, -0.1) is 0 Å². The molecule has 0 fully saturated rings. The van der Waals surface area contributed by atoms with Gasteiger partial charge in [-0.25, -0.2) is 0 Å². The molecule has 2 aromatic carbocycles. The van der Waals surface area contributed by atoms with Gasteiger partial charge >= 0.3 is 0 Å². The molecule has 154 valence electrons.